The number of amides is 1. The van der Waals surface area contributed by atoms with Gasteiger partial charge in [0, 0.05) is 6.54 Å². The van der Waals surface area contributed by atoms with Crippen LogP contribution in [-0.2, 0) is 19.5 Å². The predicted molar refractivity (Wildman–Crippen MR) is 114 cm³/mol. The van der Waals surface area contributed by atoms with Gasteiger partial charge in [-0.25, -0.2) is 4.39 Å². The topological polar surface area (TPSA) is 45.5 Å². The standard InChI is InChI=1S/C25H27FN2O2/c26-22-8-6-21(7-9-22)17-27-25(29)24-11-10-23(30-24)18-28-14-12-20(13-15-28)16-19-4-2-1-3-5-19/h1-11,20H,12-18H2,(H,27,29). The lowest BCUT2D eigenvalue weighted by Crippen LogP contribution is -2.33. The minimum Gasteiger partial charge on any atom is -0.455 e. The summed E-state index contributed by atoms with van der Waals surface area (Å²) in [5, 5.41) is 2.81. The van der Waals surface area contributed by atoms with E-state index < -0.39 is 0 Å². The van der Waals surface area contributed by atoms with Gasteiger partial charge in [-0.05, 0) is 73.7 Å². The molecule has 1 saturated heterocycles. The fourth-order valence-corrected chi connectivity index (χ4v) is 3.97. The Labute approximate surface area is 176 Å². The number of carbonyl (C=O) groups excluding carboxylic acids is 1. The molecule has 1 aromatic heterocycles. The van der Waals surface area contributed by atoms with Crippen molar-refractivity contribution >= 4 is 5.91 Å². The van der Waals surface area contributed by atoms with E-state index in [1.54, 1.807) is 18.2 Å². The normalized spacial score (nSPS) is 15.2. The first kappa shape index (κ1) is 20.4. The molecular weight excluding hydrogens is 379 g/mol. The molecule has 4 nitrogen and oxygen atoms in total. The molecule has 2 aromatic carbocycles. The summed E-state index contributed by atoms with van der Waals surface area (Å²) >= 11 is 0. The molecule has 1 N–H and O–H groups in total. The summed E-state index contributed by atoms with van der Waals surface area (Å²) in [5.41, 5.74) is 2.26. The molecule has 2 heterocycles. The van der Waals surface area contributed by atoms with Gasteiger partial charge in [-0.15, -0.1) is 0 Å². The zero-order valence-electron chi connectivity index (χ0n) is 17.0. The van der Waals surface area contributed by atoms with Crippen LogP contribution in [0.2, 0.25) is 0 Å². The third kappa shape index (κ3) is 5.57. The minimum atomic E-state index is -0.287. The number of piperidine rings is 1. The Hall–Kier alpha value is -2.92. The average molecular weight is 407 g/mol. The Morgan fingerprint density at radius 2 is 1.70 bits per heavy atom. The first-order valence-corrected chi connectivity index (χ1v) is 10.5. The Morgan fingerprint density at radius 1 is 0.967 bits per heavy atom. The summed E-state index contributed by atoms with van der Waals surface area (Å²) < 4.78 is 18.7. The summed E-state index contributed by atoms with van der Waals surface area (Å²) in [7, 11) is 0. The van der Waals surface area contributed by atoms with E-state index in [2.05, 4.69) is 40.5 Å². The maximum atomic E-state index is 13.0. The molecule has 0 bridgehead atoms. The van der Waals surface area contributed by atoms with Crippen molar-refractivity contribution in [2.45, 2.75) is 32.4 Å². The Balaban J connectivity index is 1.22. The average Bonchev–Trinajstić information content (AvgIpc) is 3.24. The van der Waals surface area contributed by atoms with E-state index in [-0.39, 0.29) is 11.7 Å². The first-order chi connectivity index (χ1) is 14.7. The second kappa shape index (κ2) is 9.72. The monoisotopic (exact) mass is 406 g/mol. The molecule has 1 aliphatic heterocycles. The molecule has 3 aromatic rings. The highest BCUT2D eigenvalue weighted by molar-refractivity contribution is 5.91. The molecule has 5 heteroatoms. The molecule has 1 aliphatic rings. The first-order valence-electron chi connectivity index (χ1n) is 10.5. The van der Waals surface area contributed by atoms with E-state index in [1.807, 2.05) is 6.07 Å². The molecule has 0 radical (unpaired) electrons. The van der Waals surface area contributed by atoms with Crippen LogP contribution in [-0.4, -0.2) is 23.9 Å². The lowest BCUT2D eigenvalue weighted by Gasteiger charge is -2.31. The van der Waals surface area contributed by atoms with Gasteiger partial charge in [-0.2, -0.15) is 0 Å². The summed E-state index contributed by atoms with van der Waals surface area (Å²) in [4.78, 5) is 14.7. The third-order valence-corrected chi connectivity index (χ3v) is 5.71. The van der Waals surface area contributed by atoms with Crippen molar-refractivity contribution in [1.29, 1.82) is 0 Å². The van der Waals surface area contributed by atoms with Crippen LogP contribution in [0, 0.1) is 11.7 Å². The maximum Gasteiger partial charge on any atom is 0.287 e. The van der Waals surface area contributed by atoms with Crippen LogP contribution in [0.5, 0.6) is 0 Å². The van der Waals surface area contributed by atoms with E-state index >= 15 is 0 Å². The summed E-state index contributed by atoms with van der Waals surface area (Å²) in [6, 6.07) is 20.4. The summed E-state index contributed by atoms with van der Waals surface area (Å²) in [6.07, 6.45) is 3.51. The second-order valence-corrected chi connectivity index (χ2v) is 7.98. The lowest BCUT2D eigenvalue weighted by atomic mass is 9.90. The molecule has 0 spiro atoms. The Bertz CT molecular complexity index is 945. The third-order valence-electron chi connectivity index (χ3n) is 5.71. The molecular formula is C25H27FN2O2. The Kier molecular flexibility index (Phi) is 6.60. The molecule has 30 heavy (non-hydrogen) atoms. The predicted octanol–water partition coefficient (Wildman–Crippen LogP) is 4.80. The van der Waals surface area contributed by atoms with Crippen molar-refractivity contribution in [3.63, 3.8) is 0 Å². The highest BCUT2D eigenvalue weighted by atomic mass is 19.1. The largest absolute Gasteiger partial charge is 0.455 e. The van der Waals surface area contributed by atoms with Crippen molar-refractivity contribution in [3.8, 4) is 0 Å². The van der Waals surface area contributed by atoms with Crippen LogP contribution >= 0.6 is 0 Å². The lowest BCUT2D eigenvalue weighted by molar-refractivity contribution is 0.0917. The van der Waals surface area contributed by atoms with Crippen molar-refractivity contribution in [1.82, 2.24) is 10.2 Å². The maximum absolute atomic E-state index is 13.0. The van der Waals surface area contributed by atoms with Gasteiger partial charge in [0.25, 0.3) is 5.91 Å². The summed E-state index contributed by atoms with van der Waals surface area (Å²) in [5.74, 6) is 1.31. The smallest absolute Gasteiger partial charge is 0.287 e. The number of nitrogens with one attached hydrogen (secondary N) is 1. The van der Waals surface area contributed by atoms with Crippen LogP contribution in [0.3, 0.4) is 0 Å². The number of hydrogen-bond donors (Lipinski definition) is 1. The number of likely N-dealkylation sites (tertiary alicyclic amines) is 1. The molecule has 156 valence electrons. The van der Waals surface area contributed by atoms with E-state index in [9.17, 15) is 9.18 Å². The number of halogens is 1. The van der Waals surface area contributed by atoms with Crippen LogP contribution in [0.15, 0.2) is 71.1 Å². The highest BCUT2D eigenvalue weighted by Crippen LogP contribution is 2.23. The number of nitrogens with zero attached hydrogens (tertiary/aromatic N) is 1. The fraction of sp³-hybridized carbons (Fsp3) is 0.320. The van der Waals surface area contributed by atoms with Gasteiger partial charge in [-0.1, -0.05) is 42.5 Å². The summed E-state index contributed by atoms with van der Waals surface area (Å²) in [6.45, 7) is 3.15. The van der Waals surface area contributed by atoms with Gasteiger partial charge in [0.15, 0.2) is 5.76 Å². The minimum absolute atomic E-state index is 0.257. The van der Waals surface area contributed by atoms with Crippen molar-refractivity contribution < 1.29 is 13.6 Å². The van der Waals surface area contributed by atoms with Crippen molar-refractivity contribution in [2.75, 3.05) is 13.1 Å². The van der Waals surface area contributed by atoms with Crippen LogP contribution in [0.4, 0.5) is 4.39 Å². The van der Waals surface area contributed by atoms with Gasteiger partial charge in [0.2, 0.25) is 0 Å². The van der Waals surface area contributed by atoms with Gasteiger partial charge in [0.05, 0.1) is 6.54 Å². The number of benzene rings is 2. The van der Waals surface area contributed by atoms with Crippen molar-refractivity contribution in [2.24, 2.45) is 5.92 Å². The number of carbonyl (C=O) groups is 1. The molecule has 0 atom stereocenters. The van der Waals surface area contributed by atoms with Gasteiger partial charge in [0.1, 0.15) is 11.6 Å². The number of rotatable bonds is 7. The second-order valence-electron chi connectivity index (χ2n) is 7.98. The van der Waals surface area contributed by atoms with Crippen LogP contribution < -0.4 is 5.32 Å². The quantitative estimate of drug-likeness (QED) is 0.613. The van der Waals surface area contributed by atoms with Gasteiger partial charge >= 0.3 is 0 Å². The molecule has 0 aliphatic carbocycles. The van der Waals surface area contributed by atoms with Crippen molar-refractivity contribution in [3.05, 3.63) is 95.2 Å². The molecule has 4 rings (SSSR count). The highest BCUT2D eigenvalue weighted by Gasteiger charge is 2.21. The van der Waals surface area contributed by atoms with Crippen LogP contribution in [0.25, 0.3) is 0 Å². The number of hydrogen-bond acceptors (Lipinski definition) is 3. The van der Waals surface area contributed by atoms with E-state index in [0.717, 1.165) is 43.3 Å². The number of furan rings is 1. The molecule has 1 fully saturated rings. The fourth-order valence-electron chi connectivity index (χ4n) is 3.97. The zero-order valence-corrected chi connectivity index (χ0v) is 17.0. The Morgan fingerprint density at radius 3 is 2.43 bits per heavy atom. The van der Waals surface area contributed by atoms with Crippen LogP contribution in [0.1, 0.15) is 40.3 Å². The van der Waals surface area contributed by atoms with E-state index in [0.29, 0.717) is 12.3 Å². The molecule has 1 amide bonds. The molecule has 0 saturated carbocycles. The van der Waals surface area contributed by atoms with Gasteiger partial charge < -0.3 is 9.73 Å². The SMILES string of the molecule is O=C(NCc1ccc(F)cc1)c1ccc(CN2CCC(Cc3ccccc3)CC2)o1. The molecule has 0 unspecified atom stereocenters. The van der Waals surface area contributed by atoms with E-state index in [4.69, 9.17) is 4.42 Å². The van der Waals surface area contributed by atoms with Gasteiger partial charge in [-0.3, -0.25) is 9.69 Å². The van der Waals surface area contributed by atoms with E-state index in [1.165, 1.54) is 30.5 Å². The zero-order chi connectivity index (χ0) is 20.8.